The minimum absolute atomic E-state index is 0.128. The fraction of sp³-hybridized carbons (Fsp3) is 0.571. The topological polar surface area (TPSA) is 20.2 Å². The van der Waals surface area contributed by atoms with E-state index in [4.69, 9.17) is 0 Å². The van der Waals surface area contributed by atoms with Crippen molar-refractivity contribution in [2.24, 2.45) is 5.41 Å². The Bertz CT molecular complexity index is 411. The average Bonchev–Trinajstić information content (AvgIpc) is 2.47. The molecule has 0 amide bonds. The Morgan fingerprint density at radius 1 is 1.25 bits per heavy atom. The highest BCUT2D eigenvalue weighted by molar-refractivity contribution is 5.31. The van der Waals surface area contributed by atoms with Crippen LogP contribution in [0.5, 0.6) is 0 Å². The molecule has 0 aliphatic heterocycles. The molecular formula is C14H19FO. The van der Waals surface area contributed by atoms with Crippen LogP contribution in [0.15, 0.2) is 18.2 Å². The van der Waals surface area contributed by atoms with Crippen LogP contribution in [0.2, 0.25) is 0 Å². The van der Waals surface area contributed by atoms with E-state index < -0.39 is 5.60 Å². The molecule has 2 rings (SSSR count). The van der Waals surface area contributed by atoms with Crippen LogP contribution < -0.4 is 0 Å². The third-order valence-corrected chi connectivity index (χ3v) is 4.10. The Morgan fingerprint density at radius 2 is 1.94 bits per heavy atom. The van der Waals surface area contributed by atoms with Gasteiger partial charge in [0.1, 0.15) is 5.82 Å². The minimum atomic E-state index is -0.800. The summed E-state index contributed by atoms with van der Waals surface area (Å²) >= 11 is 0. The summed E-state index contributed by atoms with van der Waals surface area (Å²) in [5.41, 5.74) is 0.533. The van der Waals surface area contributed by atoms with E-state index in [0.717, 1.165) is 24.8 Å². The summed E-state index contributed by atoms with van der Waals surface area (Å²) < 4.78 is 13.2. The molecule has 16 heavy (non-hydrogen) atoms. The number of rotatable bonds is 1. The molecule has 88 valence electrons. The van der Waals surface area contributed by atoms with Crippen molar-refractivity contribution in [2.45, 2.75) is 45.6 Å². The van der Waals surface area contributed by atoms with Crippen LogP contribution in [-0.4, -0.2) is 5.11 Å². The van der Waals surface area contributed by atoms with Crippen molar-refractivity contribution in [1.29, 1.82) is 0 Å². The number of halogens is 1. The zero-order valence-corrected chi connectivity index (χ0v) is 10.2. The first-order chi connectivity index (χ1) is 7.37. The van der Waals surface area contributed by atoms with E-state index in [-0.39, 0.29) is 11.2 Å². The first kappa shape index (κ1) is 11.6. The van der Waals surface area contributed by atoms with Crippen molar-refractivity contribution in [2.75, 3.05) is 0 Å². The van der Waals surface area contributed by atoms with Crippen LogP contribution in [0.3, 0.4) is 0 Å². The molecule has 1 aliphatic rings. The van der Waals surface area contributed by atoms with Crippen molar-refractivity contribution < 1.29 is 9.50 Å². The fourth-order valence-corrected chi connectivity index (χ4v) is 2.77. The van der Waals surface area contributed by atoms with Crippen molar-refractivity contribution in [3.8, 4) is 0 Å². The first-order valence-electron chi connectivity index (χ1n) is 5.86. The van der Waals surface area contributed by atoms with Gasteiger partial charge in [0.2, 0.25) is 0 Å². The molecule has 1 unspecified atom stereocenters. The van der Waals surface area contributed by atoms with Crippen LogP contribution in [-0.2, 0) is 5.60 Å². The first-order valence-corrected chi connectivity index (χ1v) is 5.86. The normalized spacial score (nSPS) is 28.3. The molecule has 1 aromatic carbocycles. The largest absolute Gasteiger partial charge is 0.385 e. The molecule has 0 saturated heterocycles. The van der Waals surface area contributed by atoms with Crippen molar-refractivity contribution in [1.82, 2.24) is 0 Å². The predicted molar refractivity (Wildman–Crippen MR) is 62.7 cm³/mol. The maximum atomic E-state index is 13.2. The SMILES string of the molecule is Cc1cc(C2(O)CCCC2(C)C)ccc1F. The van der Waals surface area contributed by atoms with E-state index in [0.29, 0.717) is 5.56 Å². The minimum Gasteiger partial charge on any atom is -0.385 e. The zero-order valence-electron chi connectivity index (χ0n) is 10.2. The van der Waals surface area contributed by atoms with Gasteiger partial charge in [0.25, 0.3) is 0 Å². The number of aryl methyl sites for hydroxylation is 1. The molecule has 1 N–H and O–H groups in total. The molecule has 1 fully saturated rings. The second-order valence-electron chi connectivity index (χ2n) is 5.56. The molecule has 0 spiro atoms. The van der Waals surface area contributed by atoms with Gasteiger partial charge in [-0.15, -0.1) is 0 Å². The highest BCUT2D eigenvalue weighted by atomic mass is 19.1. The Balaban J connectivity index is 2.47. The Hall–Kier alpha value is -0.890. The zero-order chi connectivity index (χ0) is 12.0. The number of benzene rings is 1. The predicted octanol–water partition coefficient (Wildman–Crippen LogP) is 3.53. The fourth-order valence-electron chi connectivity index (χ4n) is 2.77. The standard InChI is InChI=1S/C14H19FO/c1-10-9-11(5-6-12(10)15)14(16)8-4-7-13(14,2)3/h5-6,9,16H,4,7-8H2,1-3H3. The Kier molecular flexibility index (Phi) is 2.58. The van der Waals surface area contributed by atoms with Crippen LogP contribution in [0, 0.1) is 18.2 Å². The third kappa shape index (κ3) is 1.56. The van der Waals surface area contributed by atoms with Gasteiger partial charge in [-0.05, 0) is 48.8 Å². The molecule has 1 atom stereocenters. The molecule has 1 saturated carbocycles. The van der Waals surface area contributed by atoms with Crippen molar-refractivity contribution in [3.05, 3.63) is 35.1 Å². The van der Waals surface area contributed by atoms with Crippen molar-refractivity contribution in [3.63, 3.8) is 0 Å². The summed E-state index contributed by atoms with van der Waals surface area (Å²) in [4.78, 5) is 0. The Labute approximate surface area is 96.3 Å². The van der Waals surface area contributed by atoms with Gasteiger partial charge in [-0.1, -0.05) is 26.0 Å². The molecule has 1 aromatic rings. The van der Waals surface area contributed by atoms with Gasteiger partial charge in [0.15, 0.2) is 0 Å². The molecule has 0 radical (unpaired) electrons. The lowest BCUT2D eigenvalue weighted by Gasteiger charge is -2.37. The third-order valence-electron chi connectivity index (χ3n) is 4.10. The van der Waals surface area contributed by atoms with Crippen LogP contribution in [0.1, 0.15) is 44.2 Å². The lowest BCUT2D eigenvalue weighted by molar-refractivity contribution is -0.0486. The quantitative estimate of drug-likeness (QED) is 0.770. The van der Waals surface area contributed by atoms with Gasteiger partial charge < -0.3 is 5.11 Å². The van der Waals surface area contributed by atoms with Gasteiger partial charge in [0.05, 0.1) is 5.60 Å². The summed E-state index contributed by atoms with van der Waals surface area (Å²) in [6, 6.07) is 4.95. The lowest BCUT2D eigenvalue weighted by Crippen LogP contribution is -2.37. The summed E-state index contributed by atoms with van der Waals surface area (Å²) in [5.74, 6) is -0.205. The lowest BCUT2D eigenvalue weighted by atomic mass is 9.73. The summed E-state index contributed by atoms with van der Waals surface area (Å²) in [6.45, 7) is 5.90. The van der Waals surface area contributed by atoms with Crippen LogP contribution in [0.4, 0.5) is 4.39 Å². The van der Waals surface area contributed by atoms with Gasteiger partial charge >= 0.3 is 0 Å². The highest BCUT2D eigenvalue weighted by Gasteiger charge is 2.48. The number of hydrogen-bond acceptors (Lipinski definition) is 1. The van der Waals surface area contributed by atoms with Crippen LogP contribution >= 0.6 is 0 Å². The molecule has 0 aromatic heterocycles. The smallest absolute Gasteiger partial charge is 0.126 e. The average molecular weight is 222 g/mol. The number of hydrogen-bond donors (Lipinski definition) is 1. The summed E-state index contributed by atoms with van der Waals surface area (Å²) in [6.07, 6.45) is 2.81. The molecule has 1 nitrogen and oxygen atoms in total. The molecule has 2 heteroatoms. The van der Waals surface area contributed by atoms with Crippen LogP contribution in [0.25, 0.3) is 0 Å². The van der Waals surface area contributed by atoms with E-state index in [9.17, 15) is 9.50 Å². The molecular weight excluding hydrogens is 203 g/mol. The monoisotopic (exact) mass is 222 g/mol. The second-order valence-corrected chi connectivity index (χ2v) is 5.56. The van der Waals surface area contributed by atoms with E-state index in [1.54, 1.807) is 19.1 Å². The van der Waals surface area contributed by atoms with Gasteiger partial charge in [0, 0.05) is 0 Å². The molecule has 1 aliphatic carbocycles. The van der Waals surface area contributed by atoms with Gasteiger partial charge in [-0.25, -0.2) is 4.39 Å². The van der Waals surface area contributed by atoms with E-state index in [1.165, 1.54) is 6.07 Å². The highest BCUT2D eigenvalue weighted by Crippen LogP contribution is 2.52. The van der Waals surface area contributed by atoms with E-state index in [1.807, 2.05) is 0 Å². The second kappa shape index (κ2) is 3.56. The van der Waals surface area contributed by atoms with Crippen molar-refractivity contribution >= 4 is 0 Å². The maximum absolute atomic E-state index is 13.2. The summed E-state index contributed by atoms with van der Waals surface area (Å²) in [7, 11) is 0. The van der Waals surface area contributed by atoms with Gasteiger partial charge in [-0.2, -0.15) is 0 Å². The molecule has 0 bridgehead atoms. The van der Waals surface area contributed by atoms with Gasteiger partial charge in [-0.3, -0.25) is 0 Å². The maximum Gasteiger partial charge on any atom is 0.126 e. The summed E-state index contributed by atoms with van der Waals surface area (Å²) in [5, 5.41) is 10.8. The van der Waals surface area contributed by atoms with E-state index in [2.05, 4.69) is 13.8 Å². The Morgan fingerprint density at radius 3 is 2.44 bits per heavy atom. The molecule has 0 heterocycles. The number of aliphatic hydroxyl groups is 1. The van der Waals surface area contributed by atoms with E-state index >= 15 is 0 Å².